The fraction of sp³-hybridized carbons (Fsp3) is 0.667. The number of carbonyl (C=O) groups is 5. The number of nitrogens with two attached hydrogens (primary N) is 3. The SMILES string of the molecule is NC(N)=NCCC[C@H](NC(=O)[C@@H]1CCCN1C(=O)CNC(=O)[C@@H](N)CCC(=O)O)C(=O)O. The van der Waals surface area contributed by atoms with Crippen LogP contribution in [-0.4, -0.2) is 88.5 Å². The molecule has 0 aromatic heterocycles. The average molecular weight is 457 g/mol. The van der Waals surface area contributed by atoms with Crippen LogP contribution in [0.5, 0.6) is 0 Å². The maximum atomic E-state index is 12.6. The van der Waals surface area contributed by atoms with Crippen LogP contribution in [0, 0.1) is 0 Å². The number of guanidine groups is 1. The van der Waals surface area contributed by atoms with Gasteiger partial charge in [-0.2, -0.15) is 0 Å². The number of nitrogens with one attached hydrogen (secondary N) is 2. The van der Waals surface area contributed by atoms with Crippen molar-refractivity contribution in [2.24, 2.45) is 22.2 Å². The minimum atomic E-state index is -1.22. The highest BCUT2D eigenvalue weighted by Gasteiger charge is 2.35. The number of amides is 3. The number of rotatable bonds is 13. The van der Waals surface area contributed by atoms with Crippen molar-refractivity contribution in [2.75, 3.05) is 19.6 Å². The van der Waals surface area contributed by atoms with Gasteiger partial charge < -0.3 is 42.9 Å². The Morgan fingerprint density at radius 3 is 2.41 bits per heavy atom. The molecule has 0 unspecified atom stereocenters. The molecule has 0 spiro atoms. The van der Waals surface area contributed by atoms with Crippen molar-refractivity contribution in [3.05, 3.63) is 0 Å². The number of carboxylic acid groups (broad SMARTS) is 2. The Kier molecular flexibility index (Phi) is 10.9. The van der Waals surface area contributed by atoms with E-state index >= 15 is 0 Å². The Morgan fingerprint density at radius 2 is 1.81 bits per heavy atom. The summed E-state index contributed by atoms with van der Waals surface area (Å²) >= 11 is 0. The Hall–Kier alpha value is -3.42. The van der Waals surface area contributed by atoms with Crippen LogP contribution >= 0.6 is 0 Å². The quantitative estimate of drug-likeness (QED) is 0.0834. The molecule has 180 valence electrons. The minimum Gasteiger partial charge on any atom is -0.481 e. The number of carbonyl (C=O) groups excluding carboxylic acids is 3. The van der Waals surface area contributed by atoms with Gasteiger partial charge in [0.15, 0.2) is 5.96 Å². The summed E-state index contributed by atoms with van der Waals surface area (Å²) in [7, 11) is 0. The third kappa shape index (κ3) is 9.16. The second kappa shape index (κ2) is 13.1. The molecule has 3 amide bonds. The molecular weight excluding hydrogens is 426 g/mol. The summed E-state index contributed by atoms with van der Waals surface area (Å²) in [6, 6.07) is -3.10. The Bertz CT molecular complexity index is 739. The first-order valence-electron chi connectivity index (χ1n) is 10.2. The van der Waals surface area contributed by atoms with Crippen LogP contribution in [0.2, 0.25) is 0 Å². The van der Waals surface area contributed by atoms with Crippen molar-refractivity contribution in [1.82, 2.24) is 15.5 Å². The van der Waals surface area contributed by atoms with Crippen molar-refractivity contribution in [2.45, 2.75) is 56.7 Å². The zero-order valence-corrected chi connectivity index (χ0v) is 17.7. The monoisotopic (exact) mass is 457 g/mol. The standard InChI is InChI=1S/C18H31N7O7/c19-10(5-6-14(27)28)15(29)23-9-13(26)25-8-2-4-12(25)16(30)24-11(17(31)32)3-1-7-22-18(20)21/h10-12H,1-9,19H2,(H,23,29)(H,24,30)(H,27,28)(H,31,32)(H4,20,21,22)/t10-,11-,12-/m0/s1. The molecule has 1 aliphatic rings. The summed E-state index contributed by atoms with van der Waals surface area (Å²) in [4.78, 5) is 64.0. The molecule has 0 saturated carbocycles. The van der Waals surface area contributed by atoms with Crippen LogP contribution in [0.25, 0.3) is 0 Å². The lowest BCUT2D eigenvalue weighted by Gasteiger charge is -2.26. The summed E-state index contributed by atoms with van der Waals surface area (Å²) in [6.07, 6.45) is 0.957. The predicted octanol–water partition coefficient (Wildman–Crippen LogP) is -3.09. The second-order valence-corrected chi connectivity index (χ2v) is 7.35. The molecule has 1 aliphatic heterocycles. The van der Waals surface area contributed by atoms with E-state index < -0.39 is 54.3 Å². The van der Waals surface area contributed by atoms with Crippen LogP contribution in [0.3, 0.4) is 0 Å². The van der Waals surface area contributed by atoms with Crippen molar-refractivity contribution in [1.29, 1.82) is 0 Å². The number of hydrogen-bond donors (Lipinski definition) is 7. The molecule has 1 saturated heterocycles. The Labute approximate surface area is 184 Å². The summed E-state index contributed by atoms with van der Waals surface area (Å²) in [5, 5.41) is 22.7. The van der Waals surface area contributed by atoms with E-state index in [1.165, 1.54) is 4.90 Å². The summed E-state index contributed by atoms with van der Waals surface area (Å²) in [6.45, 7) is 0.0780. The maximum Gasteiger partial charge on any atom is 0.326 e. The van der Waals surface area contributed by atoms with E-state index in [9.17, 15) is 29.1 Å². The van der Waals surface area contributed by atoms with Gasteiger partial charge in [0.25, 0.3) is 0 Å². The third-order valence-electron chi connectivity index (χ3n) is 4.86. The number of likely N-dealkylation sites (tertiary alicyclic amines) is 1. The van der Waals surface area contributed by atoms with Gasteiger partial charge in [-0.25, -0.2) is 4.79 Å². The molecule has 1 fully saturated rings. The lowest BCUT2D eigenvalue weighted by Crippen LogP contribution is -2.53. The molecule has 0 radical (unpaired) electrons. The van der Waals surface area contributed by atoms with Gasteiger partial charge in [-0.05, 0) is 32.1 Å². The summed E-state index contributed by atoms with van der Waals surface area (Å²) in [5.74, 6) is -4.23. The van der Waals surface area contributed by atoms with Gasteiger partial charge in [-0.1, -0.05) is 0 Å². The Morgan fingerprint density at radius 1 is 1.12 bits per heavy atom. The first-order valence-corrected chi connectivity index (χ1v) is 10.2. The molecule has 14 heteroatoms. The van der Waals surface area contributed by atoms with Gasteiger partial charge in [-0.15, -0.1) is 0 Å². The smallest absolute Gasteiger partial charge is 0.326 e. The molecular formula is C18H31N7O7. The van der Waals surface area contributed by atoms with Crippen molar-refractivity contribution in [3.8, 4) is 0 Å². The van der Waals surface area contributed by atoms with E-state index in [-0.39, 0.29) is 38.3 Å². The first-order chi connectivity index (χ1) is 15.0. The molecule has 0 bridgehead atoms. The Balaban J connectivity index is 2.59. The van der Waals surface area contributed by atoms with Gasteiger partial charge in [0.2, 0.25) is 17.7 Å². The van der Waals surface area contributed by atoms with Gasteiger partial charge in [0.05, 0.1) is 12.6 Å². The zero-order chi connectivity index (χ0) is 24.3. The molecule has 14 nitrogen and oxygen atoms in total. The molecule has 1 heterocycles. The van der Waals surface area contributed by atoms with E-state index in [1.54, 1.807) is 0 Å². The van der Waals surface area contributed by atoms with Crippen LogP contribution in [0.15, 0.2) is 4.99 Å². The molecule has 0 aromatic rings. The fourth-order valence-corrected chi connectivity index (χ4v) is 3.17. The lowest BCUT2D eigenvalue weighted by molar-refractivity contribution is -0.144. The summed E-state index contributed by atoms with van der Waals surface area (Å²) in [5.41, 5.74) is 16.0. The molecule has 1 rings (SSSR count). The second-order valence-electron chi connectivity index (χ2n) is 7.35. The highest BCUT2D eigenvalue weighted by Crippen LogP contribution is 2.18. The number of aliphatic imine (C=N–C) groups is 1. The van der Waals surface area contributed by atoms with E-state index in [0.29, 0.717) is 19.3 Å². The molecule has 10 N–H and O–H groups in total. The number of hydrogen-bond acceptors (Lipinski definition) is 7. The minimum absolute atomic E-state index is 0.0795. The van der Waals surface area contributed by atoms with Crippen LogP contribution in [0.4, 0.5) is 0 Å². The third-order valence-corrected chi connectivity index (χ3v) is 4.86. The topological polar surface area (TPSA) is 244 Å². The molecule has 0 aliphatic carbocycles. The van der Waals surface area contributed by atoms with Crippen LogP contribution < -0.4 is 27.8 Å². The van der Waals surface area contributed by atoms with E-state index in [1.807, 2.05) is 0 Å². The van der Waals surface area contributed by atoms with E-state index in [0.717, 1.165) is 0 Å². The summed E-state index contributed by atoms with van der Waals surface area (Å²) < 4.78 is 0. The van der Waals surface area contributed by atoms with Crippen molar-refractivity contribution >= 4 is 35.6 Å². The highest BCUT2D eigenvalue weighted by atomic mass is 16.4. The van der Waals surface area contributed by atoms with Gasteiger partial charge in [0, 0.05) is 19.5 Å². The number of carboxylic acids is 2. The van der Waals surface area contributed by atoms with Crippen LogP contribution in [0.1, 0.15) is 38.5 Å². The maximum absolute atomic E-state index is 12.6. The molecule has 32 heavy (non-hydrogen) atoms. The predicted molar refractivity (Wildman–Crippen MR) is 112 cm³/mol. The van der Waals surface area contributed by atoms with Crippen LogP contribution in [-0.2, 0) is 24.0 Å². The van der Waals surface area contributed by atoms with Crippen molar-refractivity contribution in [3.63, 3.8) is 0 Å². The van der Waals surface area contributed by atoms with E-state index in [4.69, 9.17) is 22.3 Å². The average Bonchev–Trinajstić information content (AvgIpc) is 3.21. The highest BCUT2D eigenvalue weighted by molar-refractivity contribution is 5.93. The van der Waals surface area contributed by atoms with Crippen molar-refractivity contribution < 1.29 is 34.2 Å². The van der Waals surface area contributed by atoms with E-state index in [2.05, 4.69) is 15.6 Å². The largest absolute Gasteiger partial charge is 0.481 e. The fourth-order valence-electron chi connectivity index (χ4n) is 3.17. The van der Waals surface area contributed by atoms with Gasteiger partial charge >= 0.3 is 11.9 Å². The molecule has 0 aromatic carbocycles. The lowest BCUT2D eigenvalue weighted by atomic mass is 10.1. The zero-order valence-electron chi connectivity index (χ0n) is 17.7. The number of aliphatic carboxylic acids is 2. The number of nitrogens with zero attached hydrogens (tertiary/aromatic N) is 2. The van der Waals surface area contributed by atoms with Gasteiger partial charge in [0.1, 0.15) is 12.1 Å². The molecule has 3 atom stereocenters. The van der Waals surface area contributed by atoms with Gasteiger partial charge in [-0.3, -0.25) is 24.2 Å². The normalized spacial score (nSPS) is 17.2. The first kappa shape index (κ1) is 26.6.